The first kappa shape index (κ1) is 16.6. The predicted octanol–water partition coefficient (Wildman–Crippen LogP) is 1.66. The monoisotopic (exact) mass is 342 g/mol. The van der Waals surface area contributed by atoms with E-state index < -0.39 is 23.2 Å². The molecule has 0 radical (unpaired) electrons. The van der Waals surface area contributed by atoms with Crippen LogP contribution in [0, 0.1) is 6.92 Å². The summed E-state index contributed by atoms with van der Waals surface area (Å²) in [7, 11) is 0. The van der Waals surface area contributed by atoms with Gasteiger partial charge in [0.1, 0.15) is 6.04 Å². The van der Waals surface area contributed by atoms with Crippen LogP contribution in [0.4, 0.5) is 5.69 Å². The highest BCUT2D eigenvalue weighted by Crippen LogP contribution is 2.24. The van der Waals surface area contributed by atoms with Gasteiger partial charge in [0.2, 0.25) is 11.8 Å². The van der Waals surface area contributed by atoms with Crippen molar-refractivity contribution in [2.45, 2.75) is 24.6 Å². The van der Waals surface area contributed by atoms with Gasteiger partial charge < -0.3 is 15.7 Å². The van der Waals surface area contributed by atoms with Crippen LogP contribution in [0.5, 0.6) is 0 Å². The van der Waals surface area contributed by atoms with E-state index in [2.05, 4.69) is 10.6 Å². The van der Waals surface area contributed by atoms with Crippen molar-refractivity contribution in [2.24, 2.45) is 0 Å². The zero-order valence-electron chi connectivity index (χ0n) is 11.8. The molecular weight excluding hydrogens is 328 g/mol. The van der Waals surface area contributed by atoms with E-state index in [4.69, 9.17) is 16.7 Å². The van der Waals surface area contributed by atoms with E-state index in [1.165, 1.54) is 11.8 Å². The number of carbonyl (C=O) groups excluding carboxylic acids is 2. The number of anilines is 1. The number of halogens is 1. The van der Waals surface area contributed by atoms with E-state index in [-0.39, 0.29) is 18.1 Å². The standard InChI is InChI=1S/C14H15ClN2O4S/c1-7-2-3-8(15)4-9(7)16-12(18)5-11-13(19)17-10(6-22-11)14(20)21/h2-4,10-11H,5-6H2,1H3,(H,16,18)(H,17,19)(H,20,21)/t10-,11-/m0/s1. The first-order chi connectivity index (χ1) is 10.4. The molecule has 3 N–H and O–H groups in total. The lowest BCUT2D eigenvalue weighted by Crippen LogP contribution is -2.51. The molecule has 0 spiro atoms. The maximum absolute atomic E-state index is 12.0. The van der Waals surface area contributed by atoms with Gasteiger partial charge in [-0.15, -0.1) is 11.8 Å². The van der Waals surface area contributed by atoms with Crippen LogP contribution >= 0.6 is 23.4 Å². The third-order valence-corrected chi connectivity index (χ3v) is 4.76. The van der Waals surface area contributed by atoms with Gasteiger partial charge in [-0.1, -0.05) is 17.7 Å². The molecule has 1 heterocycles. The first-order valence-corrected chi connectivity index (χ1v) is 8.00. The van der Waals surface area contributed by atoms with Crippen molar-refractivity contribution < 1.29 is 19.5 Å². The van der Waals surface area contributed by atoms with Crippen molar-refractivity contribution in [2.75, 3.05) is 11.1 Å². The fraction of sp³-hybridized carbons (Fsp3) is 0.357. The number of hydrogen-bond acceptors (Lipinski definition) is 4. The zero-order valence-corrected chi connectivity index (χ0v) is 13.3. The molecule has 118 valence electrons. The lowest BCUT2D eigenvalue weighted by molar-refractivity contribution is -0.141. The summed E-state index contributed by atoms with van der Waals surface area (Å²) < 4.78 is 0. The third kappa shape index (κ3) is 4.14. The molecule has 1 aromatic rings. The van der Waals surface area contributed by atoms with Crippen LogP contribution < -0.4 is 10.6 Å². The number of carbonyl (C=O) groups is 3. The summed E-state index contributed by atoms with van der Waals surface area (Å²) in [6, 6.07) is 4.26. The molecule has 0 aromatic heterocycles. The Labute approximate surface area is 136 Å². The quantitative estimate of drug-likeness (QED) is 0.773. The Morgan fingerprint density at radius 3 is 2.86 bits per heavy atom. The fourth-order valence-corrected chi connectivity index (χ4v) is 3.29. The van der Waals surface area contributed by atoms with Crippen LogP contribution in [0.15, 0.2) is 18.2 Å². The average molecular weight is 343 g/mol. The summed E-state index contributed by atoms with van der Waals surface area (Å²) in [6.07, 6.45) is -0.0191. The van der Waals surface area contributed by atoms with Crippen molar-refractivity contribution in [3.63, 3.8) is 0 Å². The largest absolute Gasteiger partial charge is 0.480 e. The smallest absolute Gasteiger partial charge is 0.327 e. The van der Waals surface area contributed by atoms with Crippen LogP contribution in [-0.4, -0.2) is 39.9 Å². The number of rotatable bonds is 4. The topological polar surface area (TPSA) is 95.5 Å². The molecule has 0 saturated carbocycles. The van der Waals surface area contributed by atoms with Gasteiger partial charge in [0.05, 0.1) is 5.25 Å². The number of hydrogen-bond donors (Lipinski definition) is 3. The number of nitrogens with one attached hydrogen (secondary N) is 2. The molecule has 1 aromatic carbocycles. The lowest BCUT2D eigenvalue weighted by atomic mass is 10.2. The van der Waals surface area contributed by atoms with Gasteiger partial charge in [0.25, 0.3) is 0 Å². The second-order valence-electron chi connectivity index (χ2n) is 4.93. The van der Waals surface area contributed by atoms with Gasteiger partial charge in [0.15, 0.2) is 0 Å². The van der Waals surface area contributed by atoms with Crippen molar-refractivity contribution in [1.29, 1.82) is 0 Å². The highest BCUT2D eigenvalue weighted by molar-refractivity contribution is 8.00. The summed E-state index contributed by atoms with van der Waals surface area (Å²) in [6.45, 7) is 1.84. The second kappa shape index (κ2) is 7.02. The molecule has 1 aliphatic heterocycles. The Kier molecular flexibility index (Phi) is 5.31. The molecule has 0 bridgehead atoms. The third-order valence-electron chi connectivity index (χ3n) is 3.22. The van der Waals surface area contributed by atoms with Crippen LogP contribution in [0.1, 0.15) is 12.0 Å². The van der Waals surface area contributed by atoms with Crippen LogP contribution in [-0.2, 0) is 14.4 Å². The molecule has 2 amide bonds. The summed E-state index contributed by atoms with van der Waals surface area (Å²) >= 11 is 7.06. The summed E-state index contributed by atoms with van der Waals surface area (Å²) in [5.74, 6) is -1.57. The molecule has 22 heavy (non-hydrogen) atoms. The minimum absolute atomic E-state index is 0.0191. The Morgan fingerprint density at radius 1 is 1.50 bits per heavy atom. The molecule has 0 aliphatic carbocycles. The van der Waals surface area contributed by atoms with E-state index in [9.17, 15) is 14.4 Å². The minimum Gasteiger partial charge on any atom is -0.480 e. The van der Waals surface area contributed by atoms with E-state index in [0.717, 1.165) is 5.56 Å². The van der Waals surface area contributed by atoms with Crippen LogP contribution in [0.3, 0.4) is 0 Å². The van der Waals surface area contributed by atoms with E-state index in [1.54, 1.807) is 18.2 Å². The molecular formula is C14H15ClN2O4S. The van der Waals surface area contributed by atoms with Gasteiger partial charge >= 0.3 is 5.97 Å². The number of aliphatic carboxylic acids is 1. The van der Waals surface area contributed by atoms with Gasteiger partial charge in [-0.2, -0.15) is 0 Å². The minimum atomic E-state index is -1.07. The highest BCUT2D eigenvalue weighted by atomic mass is 35.5. The molecule has 1 fully saturated rings. The number of carboxylic acid groups (broad SMARTS) is 1. The van der Waals surface area contributed by atoms with E-state index >= 15 is 0 Å². The lowest BCUT2D eigenvalue weighted by Gasteiger charge is -2.25. The number of amides is 2. The maximum atomic E-state index is 12.0. The molecule has 2 rings (SSSR count). The van der Waals surface area contributed by atoms with Gasteiger partial charge in [-0.25, -0.2) is 4.79 Å². The highest BCUT2D eigenvalue weighted by Gasteiger charge is 2.33. The molecule has 0 unspecified atom stereocenters. The van der Waals surface area contributed by atoms with E-state index in [0.29, 0.717) is 10.7 Å². The Morgan fingerprint density at radius 2 is 2.23 bits per heavy atom. The first-order valence-electron chi connectivity index (χ1n) is 6.57. The van der Waals surface area contributed by atoms with Crippen LogP contribution in [0.2, 0.25) is 5.02 Å². The van der Waals surface area contributed by atoms with E-state index in [1.807, 2.05) is 6.92 Å². The molecule has 6 nitrogen and oxygen atoms in total. The van der Waals surface area contributed by atoms with Gasteiger partial charge in [-0.3, -0.25) is 9.59 Å². The van der Waals surface area contributed by atoms with Crippen molar-refractivity contribution in [3.05, 3.63) is 28.8 Å². The fourth-order valence-electron chi connectivity index (χ4n) is 1.98. The number of aryl methyl sites for hydroxylation is 1. The normalized spacial score (nSPS) is 21.1. The molecule has 1 aliphatic rings. The van der Waals surface area contributed by atoms with Crippen molar-refractivity contribution in [3.8, 4) is 0 Å². The van der Waals surface area contributed by atoms with Gasteiger partial charge in [-0.05, 0) is 24.6 Å². The summed E-state index contributed by atoms with van der Waals surface area (Å²) in [4.78, 5) is 34.7. The van der Waals surface area contributed by atoms with Gasteiger partial charge in [0, 0.05) is 22.9 Å². The molecule has 8 heteroatoms. The molecule has 2 atom stereocenters. The zero-order chi connectivity index (χ0) is 16.3. The maximum Gasteiger partial charge on any atom is 0.327 e. The Balaban J connectivity index is 1.94. The Bertz CT molecular complexity index is 623. The molecule has 1 saturated heterocycles. The van der Waals surface area contributed by atoms with Crippen molar-refractivity contribution >= 4 is 46.8 Å². The average Bonchev–Trinajstić information content (AvgIpc) is 2.45. The van der Waals surface area contributed by atoms with Crippen LogP contribution in [0.25, 0.3) is 0 Å². The predicted molar refractivity (Wildman–Crippen MR) is 85.2 cm³/mol. The second-order valence-corrected chi connectivity index (χ2v) is 6.61. The van der Waals surface area contributed by atoms with Crippen molar-refractivity contribution in [1.82, 2.24) is 5.32 Å². The number of carboxylic acids is 1. The summed E-state index contributed by atoms with van der Waals surface area (Å²) in [5.41, 5.74) is 1.46. The number of benzene rings is 1. The summed E-state index contributed by atoms with van der Waals surface area (Å²) in [5, 5.41) is 13.9. The SMILES string of the molecule is Cc1ccc(Cl)cc1NC(=O)C[C@@H]1SC[C@@H](C(=O)O)NC1=O. The number of thioether (sulfide) groups is 1. The Hall–Kier alpha value is -1.73.